The zero-order valence-electron chi connectivity index (χ0n) is 8.57. The molecule has 0 radical (unpaired) electrons. The third kappa shape index (κ3) is 3.49. The van der Waals surface area contributed by atoms with E-state index in [0.717, 1.165) is 6.42 Å². The van der Waals surface area contributed by atoms with E-state index in [1.54, 1.807) is 0 Å². The van der Waals surface area contributed by atoms with Crippen molar-refractivity contribution < 1.29 is 0 Å². The van der Waals surface area contributed by atoms with Gasteiger partial charge in [-0.3, -0.25) is 0 Å². The van der Waals surface area contributed by atoms with E-state index in [-0.39, 0.29) is 5.66 Å². The molecule has 0 heterocycles. The number of hydrogen-bond acceptors (Lipinski definition) is 4. The van der Waals surface area contributed by atoms with Crippen molar-refractivity contribution in [1.29, 1.82) is 0 Å². The van der Waals surface area contributed by atoms with Gasteiger partial charge in [0.1, 0.15) is 0 Å². The van der Waals surface area contributed by atoms with E-state index in [2.05, 4.69) is 22.9 Å². The second-order valence-electron chi connectivity index (χ2n) is 3.26. The van der Waals surface area contributed by atoms with Crippen LogP contribution in [0.25, 0.3) is 0 Å². The van der Waals surface area contributed by atoms with Gasteiger partial charge in [0, 0.05) is 12.6 Å². The zero-order chi connectivity index (χ0) is 9.61. The molecule has 0 amide bonds. The summed E-state index contributed by atoms with van der Waals surface area (Å²) < 4.78 is 0. The first kappa shape index (κ1) is 11.8. The molecule has 4 heteroatoms. The van der Waals surface area contributed by atoms with Crippen molar-refractivity contribution >= 4 is 0 Å². The molecule has 0 aromatic heterocycles. The highest BCUT2D eigenvalue weighted by molar-refractivity contribution is 4.83. The van der Waals surface area contributed by atoms with Crippen molar-refractivity contribution in [2.75, 3.05) is 27.7 Å². The fourth-order valence-corrected chi connectivity index (χ4v) is 1.13. The van der Waals surface area contributed by atoms with Gasteiger partial charge >= 0.3 is 0 Å². The van der Waals surface area contributed by atoms with Crippen LogP contribution in [-0.2, 0) is 0 Å². The molecule has 0 aliphatic heterocycles. The van der Waals surface area contributed by atoms with Gasteiger partial charge in [0.05, 0.1) is 5.66 Å². The van der Waals surface area contributed by atoms with Crippen molar-refractivity contribution in [3.05, 3.63) is 0 Å². The highest BCUT2D eigenvalue weighted by atomic mass is 15.2. The summed E-state index contributed by atoms with van der Waals surface area (Å²) in [4.78, 5) is 0. The van der Waals surface area contributed by atoms with E-state index in [1.807, 2.05) is 21.1 Å². The highest BCUT2D eigenvalue weighted by Crippen LogP contribution is 2.06. The summed E-state index contributed by atoms with van der Waals surface area (Å²) in [6, 6.07) is 0.356. The van der Waals surface area contributed by atoms with Crippen LogP contribution in [0.2, 0.25) is 0 Å². The maximum Gasteiger partial charge on any atom is 0.0668 e. The van der Waals surface area contributed by atoms with E-state index < -0.39 is 0 Å². The molecule has 0 fully saturated rings. The van der Waals surface area contributed by atoms with Gasteiger partial charge < -0.3 is 21.7 Å². The number of nitrogens with two attached hydrogens (primary N) is 1. The lowest BCUT2D eigenvalue weighted by atomic mass is 10.0. The third-order valence-corrected chi connectivity index (χ3v) is 2.45. The first-order chi connectivity index (χ1) is 5.61. The molecule has 1 atom stereocenters. The Hall–Kier alpha value is -0.160. The molecular weight excluding hydrogens is 152 g/mol. The fraction of sp³-hybridized carbons (Fsp3) is 1.00. The van der Waals surface area contributed by atoms with Gasteiger partial charge in [-0.05, 0) is 34.5 Å². The van der Waals surface area contributed by atoms with Gasteiger partial charge in [-0.25, -0.2) is 0 Å². The van der Waals surface area contributed by atoms with Crippen molar-refractivity contribution in [2.45, 2.75) is 25.0 Å². The van der Waals surface area contributed by atoms with Crippen molar-refractivity contribution in [3.8, 4) is 0 Å². The Morgan fingerprint density at radius 2 is 1.75 bits per heavy atom. The first-order valence-electron chi connectivity index (χ1n) is 4.37. The molecule has 1 unspecified atom stereocenters. The Morgan fingerprint density at radius 3 is 2.00 bits per heavy atom. The van der Waals surface area contributed by atoms with Crippen LogP contribution in [-0.4, -0.2) is 39.4 Å². The Labute approximate surface area is 75.3 Å². The molecule has 4 nitrogen and oxygen atoms in total. The molecule has 12 heavy (non-hydrogen) atoms. The number of hydrogen-bond donors (Lipinski definition) is 4. The smallest absolute Gasteiger partial charge is 0.0668 e. The average molecular weight is 174 g/mol. The summed E-state index contributed by atoms with van der Waals surface area (Å²) >= 11 is 0. The first-order valence-corrected chi connectivity index (χ1v) is 4.37. The predicted octanol–water partition coefficient (Wildman–Crippen LogP) is -0.922. The summed E-state index contributed by atoms with van der Waals surface area (Å²) in [5.41, 5.74) is 5.55. The molecule has 5 N–H and O–H groups in total. The Balaban J connectivity index is 3.99. The lowest BCUT2D eigenvalue weighted by Gasteiger charge is -2.32. The molecular formula is C8H22N4. The molecule has 0 saturated heterocycles. The zero-order valence-corrected chi connectivity index (χ0v) is 8.57. The fourth-order valence-electron chi connectivity index (χ4n) is 1.13. The molecule has 0 aromatic carbocycles. The third-order valence-electron chi connectivity index (χ3n) is 2.45. The molecule has 74 valence electrons. The Morgan fingerprint density at radius 1 is 1.25 bits per heavy atom. The van der Waals surface area contributed by atoms with Crippen LogP contribution in [0.1, 0.15) is 13.3 Å². The molecule has 0 spiro atoms. The van der Waals surface area contributed by atoms with Gasteiger partial charge in [0.25, 0.3) is 0 Å². The van der Waals surface area contributed by atoms with Crippen LogP contribution in [0.3, 0.4) is 0 Å². The van der Waals surface area contributed by atoms with Crippen LogP contribution in [0, 0.1) is 0 Å². The van der Waals surface area contributed by atoms with Gasteiger partial charge in [0.15, 0.2) is 0 Å². The van der Waals surface area contributed by atoms with Gasteiger partial charge in [0.2, 0.25) is 0 Å². The van der Waals surface area contributed by atoms with E-state index in [0.29, 0.717) is 12.6 Å². The Kier molecular flexibility index (Phi) is 5.41. The van der Waals surface area contributed by atoms with E-state index in [4.69, 9.17) is 5.73 Å². The SMILES string of the molecule is CNC(CN)CC(C)(NC)NC. The van der Waals surface area contributed by atoms with E-state index in [9.17, 15) is 0 Å². The van der Waals surface area contributed by atoms with Gasteiger partial charge in [-0.2, -0.15) is 0 Å². The van der Waals surface area contributed by atoms with Crippen molar-refractivity contribution in [2.24, 2.45) is 5.73 Å². The van der Waals surface area contributed by atoms with Crippen LogP contribution < -0.4 is 21.7 Å². The molecule has 0 rings (SSSR count). The topological polar surface area (TPSA) is 62.1 Å². The summed E-state index contributed by atoms with van der Waals surface area (Å²) in [5, 5.41) is 9.61. The highest BCUT2D eigenvalue weighted by Gasteiger charge is 2.22. The summed E-state index contributed by atoms with van der Waals surface area (Å²) in [6.07, 6.45) is 0.965. The average Bonchev–Trinajstić information content (AvgIpc) is 2.14. The predicted molar refractivity (Wildman–Crippen MR) is 53.0 cm³/mol. The minimum absolute atomic E-state index is 0.0347. The number of nitrogens with one attached hydrogen (secondary N) is 3. The summed E-state index contributed by atoms with van der Waals surface area (Å²) in [6.45, 7) is 2.78. The summed E-state index contributed by atoms with van der Waals surface area (Å²) in [5.74, 6) is 0. The van der Waals surface area contributed by atoms with Crippen LogP contribution in [0.5, 0.6) is 0 Å². The second-order valence-corrected chi connectivity index (χ2v) is 3.26. The Bertz CT molecular complexity index is 108. The molecule has 0 aliphatic carbocycles. The van der Waals surface area contributed by atoms with Gasteiger partial charge in [-0.1, -0.05) is 0 Å². The van der Waals surface area contributed by atoms with Crippen molar-refractivity contribution in [3.63, 3.8) is 0 Å². The minimum Gasteiger partial charge on any atom is -0.329 e. The van der Waals surface area contributed by atoms with Crippen LogP contribution in [0.4, 0.5) is 0 Å². The maximum absolute atomic E-state index is 5.58. The van der Waals surface area contributed by atoms with Crippen LogP contribution >= 0.6 is 0 Å². The monoisotopic (exact) mass is 174 g/mol. The van der Waals surface area contributed by atoms with Crippen LogP contribution in [0.15, 0.2) is 0 Å². The molecule has 0 bridgehead atoms. The quantitative estimate of drug-likeness (QED) is 0.393. The van der Waals surface area contributed by atoms with Gasteiger partial charge in [-0.15, -0.1) is 0 Å². The minimum atomic E-state index is -0.0347. The summed E-state index contributed by atoms with van der Waals surface area (Å²) in [7, 11) is 5.82. The largest absolute Gasteiger partial charge is 0.329 e. The van der Waals surface area contributed by atoms with E-state index >= 15 is 0 Å². The molecule has 0 aromatic rings. The van der Waals surface area contributed by atoms with E-state index in [1.165, 1.54) is 0 Å². The number of likely N-dealkylation sites (N-methyl/N-ethyl adjacent to an activating group) is 1. The second kappa shape index (κ2) is 5.48. The lowest BCUT2D eigenvalue weighted by Crippen LogP contribution is -2.55. The lowest BCUT2D eigenvalue weighted by molar-refractivity contribution is 0.270. The molecule has 0 saturated carbocycles. The normalized spacial score (nSPS) is 14.8. The number of rotatable bonds is 6. The van der Waals surface area contributed by atoms with Crippen molar-refractivity contribution in [1.82, 2.24) is 16.0 Å². The molecule has 0 aliphatic rings. The standard InChI is InChI=1S/C8H22N4/c1-8(11-3,12-4)5-7(6-9)10-2/h7,10-12H,5-6,9H2,1-4H3. The maximum atomic E-state index is 5.58.